The van der Waals surface area contributed by atoms with Gasteiger partial charge in [0, 0.05) is 31.1 Å². The number of likely N-dealkylation sites (tertiary alicyclic amines) is 1. The van der Waals surface area contributed by atoms with E-state index in [1.54, 1.807) is 0 Å². The molecule has 2 N–H and O–H groups in total. The number of hydrogen-bond donors (Lipinski definition) is 2. The van der Waals surface area contributed by atoms with Crippen LogP contribution in [0.25, 0.3) is 0 Å². The molecule has 0 radical (unpaired) electrons. The molecule has 2 heterocycles. The van der Waals surface area contributed by atoms with E-state index in [0.29, 0.717) is 12.6 Å². The summed E-state index contributed by atoms with van der Waals surface area (Å²) in [5.41, 5.74) is 3.49. The summed E-state index contributed by atoms with van der Waals surface area (Å²) in [4.78, 5) is 7.43. The van der Waals surface area contributed by atoms with Crippen LogP contribution in [0.5, 0.6) is 0 Å². The van der Waals surface area contributed by atoms with E-state index in [-0.39, 0.29) is 29.9 Å². The molecule has 2 aromatic rings. The van der Waals surface area contributed by atoms with E-state index in [0.717, 1.165) is 43.6 Å². The van der Waals surface area contributed by atoms with Crippen LogP contribution in [0.2, 0.25) is 0 Å². The van der Waals surface area contributed by atoms with Gasteiger partial charge in [-0.05, 0) is 52.3 Å². The van der Waals surface area contributed by atoms with Gasteiger partial charge in [-0.25, -0.2) is 0 Å². The van der Waals surface area contributed by atoms with Gasteiger partial charge in [-0.15, -0.1) is 24.0 Å². The van der Waals surface area contributed by atoms with Crippen LogP contribution in [0.1, 0.15) is 61.2 Å². The smallest absolute Gasteiger partial charge is 0.191 e. The highest BCUT2D eigenvalue weighted by atomic mass is 127. The zero-order valence-corrected chi connectivity index (χ0v) is 21.0. The Morgan fingerprint density at radius 3 is 2.47 bits per heavy atom. The van der Waals surface area contributed by atoms with Gasteiger partial charge in [0.05, 0.1) is 11.7 Å². The van der Waals surface area contributed by atoms with Crippen molar-refractivity contribution in [1.29, 1.82) is 0 Å². The van der Waals surface area contributed by atoms with Gasteiger partial charge in [-0.1, -0.05) is 42.4 Å². The molecule has 0 amide bonds. The van der Waals surface area contributed by atoms with Gasteiger partial charge in [-0.3, -0.25) is 9.89 Å². The molecule has 1 aromatic carbocycles. The van der Waals surface area contributed by atoms with Crippen molar-refractivity contribution in [2.24, 2.45) is 4.99 Å². The third-order valence-corrected chi connectivity index (χ3v) is 5.68. The fourth-order valence-corrected chi connectivity index (χ4v) is 4.23. The van der Waals surface area contributed by atoms with Crippen LogP contribution in [0, 0.1) is 13.8 Å². The molecule has 0 bridgehead atoms. The fraction of sp³-hybridized carbons (Fsp3) is 0.565. The number of rotatable bonds is 8. The number of benzene rings is 1. The van der Waals surface area contributed by atoms with E-state index >= 15 is 0 Å². The molecule has 0 spiro atoms. The molecule has 3 rings (SSSR count). The maximum absolute atomic E-state index is 5.32. The van der Waals surface area contributed by atoms with E-state index in [9.17, 15) is 0 Å². The van der Waals surface area contributed by atoms with Gasteiger partial charge in [0.1, 0.15) is 5.76 Å². The van der Waals surface area contributed by atoms with Crippen molar-refractivity contribution in [3.8, 4) is 0 Å². The zero-order valence-electron chi connectivity index (χ0n) is 18.6. The molecule has 1 aromatic heterocycles. The second-order valence-electron chi connectivity index (χ2n) is 7.91. The van der Waals surface area contributed by atoms with Gasteiger partial charge in [0.25, 0.3) is 0 Å². The van der Waals surface area contributed by atoms with Crippen LogP contribution in [-0.4, -0.2) is 48.7 Å². The van der Waals surface area contributed by atoms with E-state index in [1.165, 1.54) is 24.0 Å². The Hall–Kier alpha value is -1.61. The molecule has 0 saturated carbocycles. The summed E-state index contributed by atoms with van der Waals surface area (Å²) < 4.78 is 5.32. The van der Waals surface area contributed by atoms with Gasteiger partial charge < -0.3 is 15.2 Å². The summed E-state index contributed by atoms with van der Waals surface area (Å²) in [5, 5.41) is 11.1. The highest BCUT2D eigenvalue weighted by molar-refractivity contribution is 14.0. The van der Waals surface area contributed by atoms with Crippen LogP contribution >= 0.6 is 24.0 Å². The largest absolute Gasteiger partial charge is 0.361 e. The average Bonchev–Trinajstić information content (AvgIpc) is 3.37. The molecule has 1 aliphatic rings. The number of guanidine groups is 1. The summed E-state index contributed by atoms with van der Waals surface area (Å²) >= 11 is 0. The first-order valence-electron chi connectivity index (χ1n) is 10.8. The fourth-order valence-electron chi connectivity index (χ4n) is 4.23. The lowest BCUT2D eigenvalue weighted by atomic mass is 10.00. The van der Waals surface area contributed by atoms with E-state index < -0.39 is 0 Å². The first-order chi connectivity index (χ1) is 14.1. The number of aryl methyl sites for hydroxylation is 2. The highest BCUT2D eigenvalue weighted by Gasteiger charge is 2.23. The molecule has 6 nitrogen and oxygen atoms in total. The van der Waals surface area contributed by atoms with Crippen LogP contribution in [-0.2, 0) is 0 Å². The van der Waals surface area contributed by atoms with Crippen molar-refractivity contribution in [3.05, 3.63) is 52.9 Å². The second-order valence-corrected chi connectivity index (χ2v) is 7.91. The number of aliphatic imine (C=N–C) groups is 1. The summed E-state index contributed by atoms with van der Waals surface area (Å²) in [6, 6.07) is 11.2. The minimum Gasteiger partial charge on any atom is -0.361 e. The molecule has 2 unspecified atom stereocenters. The highest BCUT2D eigenvalue weighted by Crippen LogP contribution is 2.25. The minimum atomic E-state index is 0. The van der Waals surface area contributed by atoms with Crippen LogP contribution in [0.15, 0.2) is 39.8 Å². The number of nitrogens with zero attached hydrogens (tertiary/aromatic N) is 3. The monoisotopic (exact) mass is 525 g/mol. The summed E-state index contributed by atoms with van der Waals surface area (Å²) in [7, 11) is 0. The van der Waals surface area contributed by atoms with Crippen molar-refractivity contribution < 1.29 is 4.52 Å². The second kappa shape index (κ2) is 12.3. The third-order valence-electron chi connectivity index (χ3n) is 5.68. The van der Waals surface area contributed by atoms with Crippen LogP contribution in [0.3, 0.4) is 0 Å². The molecular weight excluding hydrogens is 489 g/mol. The summed E-state index contributed by atoms with van der Waals surface area (Å²) in [5.74, 6) is 2.02. The van der Waals surface area contributed by atoms with Crippen molar-refractivity contribution in [2.45, 2.75) is 52.5 Å². The van der Waals surface area contributed by atoms with Gasteiger partial charge >= 0.3 is 0 Å². The SMILES string of the molecule is CCNC(=NCC(C)c1c(C)noc1C)NCC(c1ccccc1)N1CCCC1.I. The Bertz CT molecular complexity index is 767. The summed E-state index contributed by atoms with van der Waals surface area (Å²) in [6.07, 6.45) is 2.57. The van der Waals surface area contributed by atoms with Crippen molar-refractivity contribution in [3.63, 3.8) is 0 Å². The van der Waals surface area contributed by atoms with Gasteiger partial charge in [0.2, 0.25) is 0 Å². The Kier molecular flexibility index (Phi) is 10.1. The van der Waals surface area contributed by atoms with Crippen molar-refractivity contribution in [2.75, 3.05) is 32.7 Å². The van der Waals surface area contributed by atoms with Crippen molar-refractivity contribution in [1.82, 2.24) is 20.7 Å². The lowest BCUT2D eigenvalue weighted by Gasteiger charge is -2.29. The van der Waals surface area contributed by atoms with E-state index in [4.69, 9.17) is 9.52 Å². The molecule has 1 saturated heterocycles. The lowest BCUT2D eigenvalue weighted by molar-refractivity contribution is 0.245. The molecular formula is C23H36IN5O. The van der Waals surface area contributed by atoms with Crippen molar-refractivity contribution >= 4 is 29.9 Å². The molecule has 2 atom stereocenters. The summed E-state index contributed by atoms with van der Waals surface area (Å²) in [6.45, 7) is 12.9. The Labute approximate surface area is 197 Å². The molecule has 30 heavy (non-hydrogen) atoms. The maximum atomic E-state index is 5.32. The third kappa shape index (κ3) is 6.44. The topological polar surface area (TPSA) is 65.7 Å². The molecule has 1 aliphatic heterocycles. The van der Waals surface area contributed by atoms with E-state index in [2.05, 4.69) is 64.9 Å². The molecule has 1 fully saturated rings. The maximum Gasteiger partial charge on any atom is 0.191 e. The Morgan fingerprint density at radius 2 is 1.87 bits per heavy atom. The van der Waals surface area contributed by atoms with Gasteiger partial charge in [0.15, 0.2) is 5.96 Å². The van der Waals surface area contributed by atoms with Crippen LogP contribution in [0.4, 0.5) is 0 Å². The number of aromatic nitrogens is 1. The molecule has 166 valence electrons. The Balaban J connectivity index is 0.00000320. The average molecular weight is 525 g/mol. The van der Waals surface area contributed by atoms with E-state index in [1.807, 2.05) is 13.8 Å². The quantitative estimate of drug-likeness (QED) is 0.304. The predicted molar refractivity (Wildman–Crippen MR) is 134 cm³/mol. The normalized spacial score (nSPS) is 16.7. The lowest BCUT2D eigenvalue weighted by Crippen LogP contribution is -2.42. The Morgan fingerprint density at radius 1 is 1.17 bits per heavy atom. The first kappa shape index (κ1) is 24.7. The first-order valence-corrected chi connectivity index (χ1v) is 10.8. The predicted octanol–water partition coefficient (Wildman–Crippen LogP) is 4.41. The number of nitrogens with one attached hydrogen (secondary N) is 2. The molecule has 7 heteroatoms. The van der Waals surface area contributed by atoms with Gasteiger partial charge in [-0.2, -0.15) is 0 Å². The number of halogens is 1. The minimum absolute atomic E-state index is 0. The molecule has 0 aliphatic carbocycles. The van der Waals surface area contributed by atoms with Crippen LogP contribution < -0.4 is 10.6 Å². The number of hydrogen-bond acceptors (Lipinski definition) is 4. The zero-order chi connectivity index (χ0) is 20.6. The standard InChI is InChI=1S/C23H35N5O.HI/c1-5-24-23(25-15-17(2)22-18(3)27-29-19(22)4)26-16-21(28-13-9-10-14-28)20-11-7-6-8-12-20;/h6-8,11-12,17,21H,5,9-10,13-16H2,1-4H3,(H2,24,25,26);1H.